The van der Waals surface area contributed by atoms with E-state index < -0.39 is 0 Å². The fraction of sp³-hybridized carbons (Fsp3) is 0.304. The molecule has 0 radical (unpaired) electrons. The maximum absolute atomic E-state index is 13.0. The molecule has 1 amide bonds. The third-order valence-corrected chi connectivity index (χ3v) is 5.36. The third-order valence-electron chi connectivity index (χ3n) is 5.36. The summed E-state index contributed by atoms with van der Waals surface area (Å²) in [5.41, 5.74) is 5.22. The molecule has 1 atom stereocenters. The molecule has 0 N–H and O–H groups in total. The van der Waals surface area contributed by atoms with E-state index in [0.717, 1.165) is 23.1 Å². The lowest BCUT2D eigenvalue weighted by Gasteiger charge is -2.33. The quantitative estimate of drug-likeness (QED) is 0.696. The lowest BCUT2D eigenvalue weighted by atomic mass is 10.0. The molecule has 2 heterocycles. The van der Waals surface area contributed by atoms with Crippen molar-refractivity contribution >= 4 is 5.91 Å². The fourth-order valence-corrected chi connectivity index (χ4v) is 3.80. The number of hydrogen-bond acceptors (Lipinski definition) is 3. The molecule has 0 bridgehead atoms. The first kappa shape index (κ1) is 18.4. The Morgan fingerprint density at radius 2 is 1.89 bits per heavy atom. The van der Waals surface area contributed by atoms with Crippen LogP contribution in [0.5, 0.6) is 0 Å². The summed E-state index contributed by atoms with van der Waals surface area (Å²) in [6.45, 7) is 3.87. The number of nitrogens with zero attached hydrogens (tertiary/aromatic N) is 3. The van der Waals surface area contributed by atoms with Crippen LogP contribution in [0.4, 0.5) is 0 Å². The van der Waals surface area contributed by atoms with Crippen molar-refractivity contribution in [2.45, 2.75) is 19.4 Å². The molecule has 4 rings (SSSR count). The zero-order valence-corrected chi connectivity index (χ0v) is 16.3. The van der Waals surface area contributed by atoms with E-state index in [1.54, 1.807) is 0 Å². The second-order valence-corrected chi connectivity index (χ2v) is 7.08. The van der Waals surface area contributed by atoms with Crippen molar-refractivity contribution in [2.75, 3.05) is 19.7 Å². The molecule has 0 unspecified atom stereocenters. The van der Waals surface area contributed by atoms with Crippen LogP contribution in [0, 0.1) is 0 Å². The highest BCUT2D eigenvalue weighted by Gasteiger charge is 2.26. The molecule has 28 heavy (non-hydrogen) atoms. The summed E-state index contributed by atoms with van der Waals surface area (Å²) in [5, 5.41) is 4.36. The Morgan fingerprint density at radius 3 is 2.61 bits per heavy atom. The molecular formula is C23H25N3O2. The first-order valence-electron chi connectivity index (χ1n) is 9.74. The van der Waals surface area contributed by atoms with Crippen LogP contribution in [0.25, 0.3) is 11.1 Å². The minimum atomic E-state index is -0.0688. The summed E-state index contributed by atoms with van der Waals surface area (Å²) < 4.78 is 7.79. The minimum Gasteiger partial charge on any atom is -0.370 e. The highest BCUT2D eigenvalue weighted by Crippen LogP contribution is 2.26. The Bertz CT molecular complexity index is 948. The van der Waals surface area contributed by atoms with Crippen molar-refractivity contribution in [3.63, 3.8) is 0 Å². The molecule has 144 valence electrons. The van der Waals surface area contributed by atoms with Crippen LogP contribution in [-0.2, 0) is 18.2 Å². The Morgan fingerprint density at radius 1 is 1.14 bits per heavy atom. The lowest BCUT2D eigenvalue weighted by molar-refractivity contribution is -0.0228. The largest absolute Gasteiger partial charge is 0.370 e. The molecular weight excluding hydrogens is 350 g/mol. The number of ether oxygens (including phenoxy) is 1. The molecule has 0 saturated carbocycles. The second-order valence-electron chi connectivity index (χ2n) is 7.08. The van der Waals surface area contributed by atoms with Gasteiger partial charge in [0.05, 0.1) is 19.3 Å². The Labute approximate surface area is 165 Å². The van der Waals surface area contributed by atoms with E-state index in [2.05, 4.69) is 12.0 Å². The highest BCUT2D eigenvalue weighted by atomic mass is 16.5. The Balaban J connectivity index is 1.50. The van der Waals surface area contributed by atoms with Crippen molar-refractivity contribution in [2.24, 2.45) is 7.05 Å². The van der Waals surface area contributed by atoms with Crippen LogP contribution in [0.3, 0.4) is 0 Å². The predicted molar refractivity (Wildman–Crippen MR) is 109 cm³/mol. The number of carbonyl (C=O) groups is 1. The van der Waals surface area contributed by atoms with Crippen molar-refractivity contribution in [1.82, 2.24) is 14.7 Å². The van der Waals surface area contributed by atoms with Crippen LogP contribution < -0.4 is 0 Å². The van der Waals surface area contributed by atoms with Crippen LogP contribution in [-0.4, -0.2) is 40.3 Å². The topological polar surface area (TPSA) is 47.4 Å². The molecule has 0 spiro atoms. The number of hydrogen-bond donors (Lipinski definition) is 0. The fourth-order valence-electron chi connectivity index (χ4n) is 3.80. The number of carbonyl (C=O) groups excluding carboxylic acids is 1. The van der Waals surface area contributed by atoms with Crippen molar-refractivity contribution in [3.8, 4) is 11.1 Å². The van der Waals surface area contributed by atoms with E-state index in [-0.39, 0.29) is 12.0 Å². The van der Waals surface area contributed by atoms with Crippen LogP contribution in [0.2, 0.25) is 0 Å². The number of morpholine rings is 1. The summed E-state index contributed by atoms with van der Waals surface area (Å²) >= 11 is 0. The zero-order chi connectivity index (χ0) is 19.5. The molecule has 5 heteroatoms. The third kappa shape index (κ3) is 3.58. The summed E-state index contributed by atoms with van der Waals surface area (Å²) in [4.78, 5) is 14.9. The van der Waals surface area contributed by atoms with Gasteiger partial charge in [-0.3, -0.25) is 9.48 Å². The van der Waals surface area contributed by atoms with Gasteiger partial charge in [0, 0.05) is 30.4 Å². The monoisotopic (exact) mass is 375 g/mol. The van der Waals surface area contributed by atoms with Gasteiger partial charge >= 0.3 is 0 Å². The highest BCUT2D eigenvalue weighted by molar-refractivity contribution is 5.94. The van der Waals surface area contributed by atoms with Crippen molar-refractivity contribution < 1.29 is 9.53 Å². The molecule has 1 aliphatic heterocycles. The molecule has 0 aliphatic carbocycles. The molecule has 1 fully saturated rings. The lowest BCUT2D eigenvalue weighted by Crippen LogP contribution is -2.42. The second kappa shape index (κ2) is 7.98. The zero-order valence-electron chi connectivity index (χ0n) is 16.3. The van der Waals surface area contributed by atoms with Gasteiger partial charge in [0.15, 0.2) is 0 Å². The number of aryl methyl sites for hydroxylation is 1. The molecule has 3 aromatic rings. The van der Waals surface area contributed by atoms with E-state index in [4.69, 9.17) is 4.74 Å². The van der Waals surface area contributed by atoms with Gasteiger partial charge in [-0.2, -0.15) is 5.10 Å². The smallest absolute Gasteiger partial charge is 0.254 e. The van der Waals surface area contributed by atoms with Gasteiger partial charge in [0.2, 0.25) is 0 Å². The Kier molecular flexibility index (Phi) is 5.26. The van der Waals surface area contributed by atoms with Crippen molar-refractivity contribution in [3.05, 3.63) is 77.6 Å². The Hall–Kier alpha value is -2.92. The maximum Gasteiger partial charge on any atom is 0.254 e. The van der Waals surface area contributed by atoms with Crippen molar-refractivity contribution in [1.29, 1.82) is 0 Å². The standard InChI is InChI=1S/C23H25N3O2/c1-3-21-20(15-24-25(21)2)17-9-11-19(12-10-17)23(27)26-13-14-28-22(16-26)18-7-5-4-6-8-18/h4-12,15,22H,3,13-14,16H2,1-2H3/t22-/m0/s1. The summed E-state index contributed by atoms with van der Waals surface area (Å²) in [6.07, 6.45) is 2.74. The number of rotatable bonds is 4. The molecule has 2 aromatic carbocycles. The first-order valence-corrected chi connectivity index (χ1v) is 9.74. The number of benzene rings is 2. The summed E-state index contributed by atoms with van der Waals surface area (Å²) in [6, 6.07) is 17.9. The van der Waals surface area contributed by atoms with Gasteiger partial charge in [0.1, 0.15) is 6.10 Å². The first-order chi connectivity index (χ1) is 13.7. The van der Waals surface area contributed by atoms with E-state index >= 15 is 0 Å². The van der Waals surface area contributed by atoms with Gasteiger partial charge in [-0.05, 0) is 29.7 Å². The van der Waals surface area contributed by atoms with Crippen LogP contribution in [0.1, 0.15) is 34.6 Å². The van der Waals surface area contributed by atoms with Gasteiger partial charge in [-0.15, -0.1) is 0 Å². The van der Waals surface area contributed by atoms with E-state index in [1.807, 2.05) is 77.4 Å². The van der Waals surface area contributed by atoms with E-state index in [1.165, 1.54) is 5.69 Å². The molecule has 5 nitrogen and oxygen atoms in total. The number of amides is 1. The van der Waals surface area contributed by atoms with E-state index in [9.17, 15) is 4.79 Å². The van der Waals surface area contributed by atoms with Gasteiger partial charge in [-0.25, -0.2) is 0 Å². The number of aromatic nitrogens is 2. The van der Waals surface area contributed by atoms with Crippen LogP contribution in [0.15, 0.2) is 60.8 Å². The average molecular weight is 375 g/mol. The average Bonchev–Trinajstić information content (AvgIpc) is 3.14. The SMILES string of the molecule is CCc1c(-c2ccc(C(=O)N3CCO[C@H](c4ccccc4)C3)cc2)cnn1C. The molecule has 1 aliphatic rings. The minimum absolute atomic E-state index is 0.0534. The van der Waals surface area contributed by atoms with Gasteiger partial charge in [-0.1, -0.05) is 49.4 Å². The van der Waals surface area contributed by atoms with Crippen LogP contribution >= 0.6 is 0 Å². The predicted octanol–water partition coefficient (Wildman–Crippen LogP) is 3.86. The van der Waals surface area contributed by atoms with E-state index in [0.29, 0.717) is 25.3 Å². The van der Waals surface area contributed by atoms with Gasteiger partial charge in [0.25, 0.3) is 5.91 Å². The normalized spacial score (nSPS) is 16.9. The van der Waals surface area contributed by atoms with Gasteiger partial charge < -0.3 is 9.64 Å². The molecule has 1 saturated heterocycles. The molecule has 1 aromatic heterocycles. The summed E-state index contributed by atoms with van der Waals surface area (Å²) in [7, 11) is 1.96. The maximum atomic E-state index is 13.0. The summed E-state index contributed by atoms with van der Waals surface area (Å²) in [5.74, 6) is 0.0534.